The molecule has 2 bridgehead atoms. The molecule has 6 heteroatoms. The second kappa shape index (κ2) is 6.13. The maximum Gasteiger partial charge on any atom is 0.411 e. The Labute approximate surface area is 152 Å². The zero-order valence-corrected chi connectivity index (χ0v) is 15.6. The smallest absolute Gasteiger partial charge is 0.411 e. The van der Waals surface area contributed by atoms with Gasteiger partial charge in [-0.25, -0.2) is 9.78 Å². The average molecular weight is 356 g/mol. The number of amides is 1. The average Bonchev–Trinajstić information content (AvgIpc) is 2.91. The van der Waals surface area contributed by atoms with E-state index in [0.717, 1.165) is 23.1 Å². The van der Waals surface area contributed by atoms with Gasteiger partial charge in [0.15, 0.2) is 11.5 Å². The minimum Gasteiger partial charge on any atom is -0.444 e. The molecule has 2 aliphatic rings. The number of ether oxygens (including phenoxy) is 2. The van der Waals surface area contributed by atoms with Crippen LogP contribution in [0.4, 0.5) is 4.79 Å². The summed E-state index contributed by atoms with van der Waals surface area (Å²) in [6.45, 7) is 8.52. The van der Waals surface area contributed by atoms with E-state index in [1.165, 1.54) is 5.57 Å². The summed E-state index contributed by atoms with van der Waals surface area (Å²) in [6, 6.07) is 5.95. The SMILES string of the molecule is Cc1nc2ccc(C3=CC4COCC(C3)N4C(=O)OC(C)(C)C)cc2o1. The van der Waals surface area contributed by atoms with Crippen molar-refractivity contribution in [2.45, 2.75) is 51.8 Å². The summed E-state index contributed by atoms with van der Waals surface area (Å²) >= 11 is 0. The van der Waals surface area contributed by atoms with Gasteiger partial charge in [0.05, 0.1) is 25.3 Å². The standard InChI is InChI=1S/C20H24N2O4/c1-12-21-17-6-5-13(9-18(17)25-12)14-7-15-10-24-11-16(8-14)22(15)19(23)26-20(2,3)4/h5-7,9,15-16H,8,10-11H2,1-4H3. The first-order valence-corrected chi connectivity index (χ1v) is 8.97. The number of rotatable bonds is 1. The molecule has 138 valence electrons. The fourth-order valence-electron chi connectivity index (χ4n) is 3.65. The van der Waals surface area contributed by atoms with Gasteiger partial charge in [-0.2, -0.15) is 0 Å². The van der Waals surface area contributed by atoms with Crippen LogP contribution in [-0.2, 0) is 9.47 Å². The second-order valence-electron chi connectivity index (χ2n) is 7.96. The molecular weight excluding hydrogens is 332 g/mol. The number of nitrogens with zero attached hydrogens (tertiary/aromatic N) is 2. The zero-order valence-electron chi connectivity index (χ0n) is 15.6. The van der Waals surface area contributed by atoms with Crippen LogP contribution in [0.1, 0.15) is 38.6 Å². The predicted molar refractivity (Wildman–Crippen MR) is 97.8 cm³/mol. The summed E-state index contributed by atoms with van der Waals surface area (Å²) in [7, 11) is 0. The van der Waals surface area contributed by atoms with Gasteiger partial charge in [0.2, 0.25) is 0 Å². The van der Waals surface area contributed by atoms with Crippen LogP contribution in [0.25, 0.3) is 16.7 Å². The number of hydrogen-bond acceptors (Lipinski definition) is 5. The molecule has 26 heavy (non-hydrogen) atoms. The molecule has 0 spiro atoms. The maximum absolute atomic E-state index is 12.6. The first-order chi connectivity index (χ1) is 12.3. The topological polar surface area (TPSA) is 64.8 Å². The number of fused-ring (bicyclic) bond motifs is 3. The van der Waals surface area contributed by atoms with Crippen molar-refractivity contribution in [3.05, 3.63) is 35.7 Å². The van der Waals surface area contributed by atoms with E-state index >= 15 is 0 Å². The molecule has 6 nitrogen and oxygen atoms in total. The van der Waals surface area contributed by atoms with E-state index in [1.54, 1.807) is 0 Å². The molecule has 2 unspecified atom stereocenters. The van der Waals surface area contributed by atoms with Crippen molar-refractivity contribution in [3.8, 4) is 0 Å². The van der Waals surface area contributed by atoms with E-state index in [9.17, 15) is 4.79 Å². The van der Waals surface area contributed by atoms with Crippen LogP contribution in [0, 0.1) is 6.92 Å². The fourth-order valence-corrected chi connectivity index (χ4v) is 3.65. The van der Waals surface area contributed by atoms with Gasteiger partial charge in [0, 0.05) is 6.92 Å². The highest BCUT2D eigenvalue weighted by Crippen LogP contribution is 2.34. The molecule has 0 saturated carbocycles. The first kappa shape index (κ1) is 17.1. The van der Waals surface area contributed by atoms with Crippen LogP contribution in [0.2, 0.25) is 0 Å². The molecule has 0 aliphatic carbocycles. The highest BCUT2D eigenvalue weighted by molar-refractivity contribution is 5.81. The quantitative estimate of drug-likeness (QED) is 0.775. The lowest BCUT2D eigenvalue weighted by molar-refractivity contribution is -0.0510. The minimum atomic E-state index is -0.509. The third-order valence-electron chi connectivity index (χ3n) is 4.67. The van der Waals surface area contributed by atoms with Crippen molar-refractivity contribution in [1.82, 2.24) is 9.88 Å². The lowest BCUT2D eigenvalue weighted by atomic mass is 9.90. The molecule has 2 aromatic rings. The normalized spacial score (nSPS) is 23.1. The highest BCUT2D eigenvalue weighted by Gasteiger charge is 2.40. The summed E-state index contributed by atoms with van der Waals surface area (Å²) in [5.41, 5.74) is 3.46. The molecule has 3 heterocycles. The Balaban J connectivity index is 1.64. The molecule has 1 fully saturated rings. The van der Waals surface area contributed by atoms with Crippen LogP contribution in [0.3, 0.4) is 0 Å². The number of oxazole rings is 1. The highest BCUT2D eigenvalue weighted by atomic mass is 16.6. The van der Waals surface area contributed by atoms with Gasteiger partial charge in [-0.15, -0.1) is 0 Å². The molecule has 2 atom stereocenters. The molecule has 1 amide bonds. The van der Waals surface area contributed by atoms with E-state index in [4.69, 9.17) is 13.9 Å². The number of carbonyl (C=O) groups excluding carboxylic acids is 1. The summed E-state index contributed by atoms with van der Waals surface area (Å²) < 4.78 is 16.9. The summed E-state index contributed by atoms with van der Waals surface area (Å²) in [4.78, 5) is 18.8. The largest absolute Gasteiger partial charge is 0.444 e. The molecular formula is C20H24N2O4. The number of benzene rings is 1. The van der Waals surface area contributed by atoms with Crippen molar-refractivity contribution < 1.29 is 18.7 Å². The van der Waals surface area contributed by atoms with E-state index in [1.807, 2.05) is 44.7 Å². The van der Waals surface area contributed by atoms with Gasteiger partial charge in [0.25, 0.3) is 0 Å². The van der Waals surface area contributed by atoms with Gasteiger partial charge in [-0.1, -0.05) is 12.1 Å². The Hall–Kier alpha value is -2.34. The molecule has 1 aromatic heterocycles. The monoisotopic (exact) mass is 356 g/mol. The second-order valence-corrected chi connectivity index (χ2v) is 7.96. The van der Waals surface area contributed by atoms with Gasteiger partial charge in [-0.3, -0.25) is 4.90 Å². The third kappa shape index (κ3) is 3.21. The van der Waals surface area contributed by atoms with E-state index in [2.05, 4.69) is 17.1 Å². The van der Waals surface area contributed by atoms with Gasteiger partial charge < -0.3 is 13.9 Å². The van der Waals surface area contributed by atoms with Crippen LogP contribution in [-0.4, -0.2) is 46.9 Å². The fraction of sp³-hybridized carbons (Fsp3) is 0.500. The van der Waals surface area contributed by atoms with Crippen molar-refractivity contribution in [1.29, 1.82) is 0 Å². The number of hydrogen-bond donors (Lipinski definition) is 0. The van der Waals surface area contributed by atoms with Crippen molar-refractivity contribution >= 4 is 22.8 Å². The number of aromatic nitrogens is 1. The first-order valence-electron chi connectivity index (χ1n) is 8.97. The van der Waals surface area contributed by atoms with E-state index < -0.39 is 5.60 Å². The van der Waals surface area contributed by atoms with Crippen LogP contribution < -0.4 is 0 Å². The van der Waals surface area contributed by atoms with Crippen molar-refractivity contribution in [3.63, 3.8) is 0 Å². The Morgan fingerprint density at radius 2 is 2.12 bits per heavy atom. The molecule has 0 radical (unpaired) electrons. The summed E-state index contributed by atoms with van der Waals surface area (Å²) in [6.07, 6.45) is 2.57. The molecule has 0 N–H and O–H groups in total. The lowest BCUT2D eigenvalue weighted by Crippen LogP contribution is -2.57. The van der Waals surface area contributed by atoms with E-state index in [-0.39, 0.29) is 18.2 Å². The third-order valence-corrected chi connectivity index (χ3v) is 4.67. The van der Waals surface area contributed by atoms with Gasteiger partial charge in [-0.05, 0) is 50.5 Å². The molecule has 4 rings (SSSR count). The van der Waals surface area contributed by atoms with E-state index in [0.29, 0.717) is 19.1 Å². The Bertz CT molecular complexity index is 878. The Morgan fingerprint density at radius 1 is 1.31 bits per heavy atom. The maximum atomic E-state index is 12.6. The summed E-state index contributed by atoms with van der Waals surface area (Å²) in [5, 5.41) is 0. The van der Waals surface area contributed by atoms with Crippen LogP contribution in [0.5, 0.6) is 0 Å². The van der Waals surface area contributed by atoms with Gasteiger partial charge in [0.1, 0.15) is 11.1 Å². The van der Waals surface area contributed by atoms with Gasteiger partial charge >= 0.3 is 6.09 Å². The predicted octanol–water partition coefficient (Wildman–Crippen LogP) is 3.93. The molecule has 2 aliphatic heterocycles. The summed E-state index contributed by atoms with van der Waals surface area (Å²) in [5.74, 6) is 0.663. The van der Waals surface area contributed by atoms with Crippen LogP contribution in [0.15, 0.2) is 28.7 Å². The minimum absolute atomic E-state index is 0.0178. The lowest BCUT2D eigenvalue weighted by Gasteiger charge is -2.44. The molecule has 1 saturated heterocycles. The van der Waals surface area contributed by atoms with Crippen molar-refractivity contribution in [2.75, 3.05) is 13.2 Å². The zero-order chi connectivity index (χ0) is 18.5. The Kier molecular flexibility index (Phi) is 4.03. The van der Waals surface area contributed by atoms with Crippen LogP contribution >= 0.6 is 0 Å². The Morgan fingerprint density at radius 3 is 2.85 bits per heavy atom. The number of carbonyl (C=O) groups is 1. The van der Waals surface area contributed by atoms with Crippen molar-refractivity contribution in [2.24, 2.45) is 0 Å². The number of aryl methyl sites for hydroxylation is 1. The molecule has 1 aromatic carbocycles. The number of morpholine rings is 1.